The minimum atomic E-state index is 0.683. The molecule has 0 fully saturated rings. The third-order valence-electron chi connectivity index (χ3n) is 4.16. The van der Waals surface area contributed by atoms with Gasteiger partial charge in [0.05, 0.1) is 11.0 Å². The van der Waals surface area contributed by atoms with Gasteiger partial charge in [0.15, 0.2) is 0 Å². The van der Waals surface area contributed by atoms with Crippen LogP contribution >= 0.6 is 0 Å². The minimum absolute atomic E-state index is 0.683. The summed E-state index contributed by atoms with van der Waals surface area (Å²) in [5, 5.41) is 2.41. The van der Waals surface area contributed by atoms with E-state index in [1.165, 1.54) is 10.8 Å². The predicted octanol–water partition coefficient (Wildman–Crippen LogP) is 3.20. The van der Waals surface area contributed by atoms with Crippen LogP contribution < -0.4 is 9.47 Å². The Labute approximate surface area is 149 Å². The zero-order valence-electron chi connectivity index (χ0n) is 15.5. The Morgan fingerprint density at radius 1 is 0.720 bits per heavy atom. The molecule has 1 N–H and O–H groups in total. The molecule has 0 amide bonds. The van der Waals surface area contributed by atoms with E-state index in [1.54, 1.807) is 0 Å². The third kappa shape index (κ3) is 4.44. The summed E-state index contributed by atoms with van der Waals surface area (Å²) in [6.45, 7) is 3.17. The van der Waals surface area contributed by atoms with Crippen molar-refractivity contribution in [2.45, 2.75) is 0 Å². The van der Waals surface area contributed by atoms with E-state index in [2.05, 4.69) is 39.0 Å². The summed E-state index contributed by atoms with van der Waals surface area (Å²) < 4.78 is 11.7. The summed E-state index contributed by atoms with van der Waals surface area (Å²) in [5.74, 6) is 1.78. The van der Waals surface area contributed by atoms with E-state index in [9.17, 15) is 0 Å². The first-order valence-electron chi connectivity index (χ1n) is 8.63. The summed E-state index contributed by atoms with van der Waals surface area (Å²) >= 11 is 0. The molecule has 0 bridgehead atoms. The van der Waals surface area contributed by atoms with Crippen molar-refractivity contribution in [1.82, 2.24) is 14.8 Å². The lowest BCUT2D eigenvalue weighted by atomic mass is 10.1. The molecule has 0 saturated heterocycles. The first-order chi connectivity index (χ1) is 12.0. The van der Waals surface area contributed by atoms with Crippen LogP contribution in [0, 0.1) is 0 Å². The van der Waals surface area contributed by atoms with E-state index in [4.69, 9.17) is 9.47 Å². The molecule has 0 aliphatic carbocycles. The van der Waals surface area contributed by atoms with Crippen molar-refractivity contribution < 1.29 is 9.47 Å². The Hall–Kier alpha value is -2.24. The second-order valence-corrected chi connectivity index (χ2v) is 6.84. The molecule has 5 nitrogen and oxygen atoms in total. The highest BCUT2D eigenvalue weighted by molar-refractivity contribution is 6.07. The Morgan fingerprint density at radius 2 is 1.16 bits per heavy atom. The van der Waals surface area contributed by atoms with Crippen molar-refractivity contribution in [1.29, 1.82) is 0 Å². The Bertz CT molecular complexity index is 771. The van der Waals surface area contributed by atoms with E-state index >= 15 is 0 Å². The van der Waals surface area contributed by atoms with Gasteiger partial charge in [-0.25, -0.2) is 0 Å². The van der Waals surface area contributed by atoms with E-state index < -0.39 is 0 Å². The SMILES string of the molecule is CN(C)CCOc1ccc2c(c1)[nH]c1cc(OCCN(C)C)ccc12. The van der Waals surface area contributed by atoms with E-state index in [0.29, 0.717) is 13.2 Å². The van der Waals surface area contributed by atoms with Crippen LogP contribution in [-0.4, -0.2) is 69.3 Å². The van der Waals surface area contributed by atoms with Crippen LogP contribution in [0.4, 0.5) is 0 Å². The number of likely N-dealkylation sites (N-methyl/N-ethyl adjacent to an activating group) is 2. The molecule has 0 radical (unpaired) electrons. The maximum atomic E-state index is 5.83. The van der Waals surface area contributed by atoms with Gasteiger partial charge in [0, 0.05) is 36.0 Å². The van der Waals surface area contributed by atoms with Crippen LogP contribution in [0.5, 0.6) is 11.5 Å². The smallest absolute Gasteiger partial charge is 0.121 e. The van der Waals surface area contributed by atoms with Crippen molar-refractivity contribution in [3.05, 3.63) is 36.4 Å². The summed E-state index contributed by atoms with van der Waals surface area (Å²) in [6, 6.07) is 12.4. The van der Waals surface area contributed by atoms with Crippen LogP contribution in [0.1, 0.15) is 0 Å². The quantitative estimate of drug-likeness (QED) is 0.683. The van der Waals surface area contributed by atoms with Gasteiger partial charge in [-0.05, 0) is 52.5 Å². The average molecular weight is 341 g/mol. The van der Waals surface area contributed by atoms with Gasteiger partial charge < -0.3 is 24.3 Å². The fourth-order valence-electron chi connectivity index (χ4n) is 2.74. The molecule has 3 aromatic rings. The van der Waals surface area contributed by atoms with Crippen molar-refractivity contribution >= 4 is 21.8 Å². The highest BCUT2D eigenvalue weighted by atomic mass is 16.5. The highest BCUT2D eigenvalue weighted by Gasteiger charge is 2.07. The van der Waals surface area contributed by atoms with Gasteiger partial charge in [0.1, 0.15) is 24.7 Å². The molecule has 134 valence electrons. The molecule has 0 unspecified atom stereocenters. The molecule has 0 aliphatic rings. The molecule has 5 heteroatoms. The van der Waals surface area contributed by atoms with Crippen LogP contribution in [0.15, 0.2) is 36.4 Å². The van der Waals surface area contributed by atoms with Gasteiger partial charge in [-0.2, -0.15) is 0 Å². The molecule has 3 rings (SSSR count). The van der Waals surface area contributed by atoms with Crippen LogP contribution in [-0.2, 0) is 0 Å². The fourth-order valence-corrected chi connectivity index (χ4v) is 2.74. The maximum Gasteiger partial charge on any atom is 0.121 e. The summed E-state index contributed by atoms with van der Waals surface area (Å²) in [4.78, 5) is 7.70. The average Bonchev–Trinajstić information content (AvgIpc) is 2.91. The normalized spacial score (nSPS) is 11.8. The first kappa shape index (κ1) is 17.6. The van der Waals surface area contributed by atoms with Gasteiger partial charge in [-0.15, -0.1) is 0 Å². The van der Waals surface area contributed by atoms with Crippen molar-refractivity contribution in [2.75, 3.05) is 54.5 Å². The molecule has 0 aliphatic heterocycles. The summed E-state index contributed by atoms with van der Waals surface area (Å²) in [5.41, 5.74) is 2.17. The Morgan fingerprint density at radius 3 is 1.56 bits per heavy atom. The van der Waals surface area contributed by atoms with Gasteiger partial charge >= 0.3 is 0 Å². The Kier molecular flexibility index (Phi) is 5.46. The molecular formula is C20H27N3O2. The molecule has 1 heterocycles. The van der Waals surface area contributed by atoms with Crippen LogP contribution in [0.2, 0.25) is 0 Å². The zero-order valence-corrected chi connectivity index (χ0v) is 15.5. The van der Waals surface area contributed by atoms with E-state index in [-0.39, 0.29) is 0 Å². The Balaban J connectivity index is 1.77. The lowest BCUT2D eigenvalue weighted by Gasteiger charge is -2.11. The number of nitrogens with zero attached hydrogens (tertiary/aromatic N) is 2. The van der Waals surface area contributed by atoms with Crippen molar-refractivity contribution in [3.63, 3.8) is 0 Å². The molecule has 1 aromatic heterocycles. The second-order valence-electron chi connectivity index (χ2n) is 6.84. The monoisotopic (exact) mass is 341 g/mol. The lowest BCUT2D eigenvalue weighted by Crippen LogP contribution is -2.19. The topological polar surface area (TPSA) is 40.7 Å². The summed E-state index contributed by atoms with van der Waals surface area (Å²) in [6.07, 6.45) is 0. The van der Waals surface area contributed by atoms with E-state index in [1.807, 2.05) is 40.3 Å². The molecule has 0 saturated carbocycles. The van der Waals surface area contributed by atoms with Gasteiger partial charge in [0.2, 0.25) is 0 Å². The standard InChI is InChI=1S/C20H27N3O2/c1-22(2)9-11-24-15-5-7-17-18-8-6-16(25-12-10-23(3)4)14-20(18)21-19(17)13-15/h5-8,13-14,21H,9-12H2,1-4H3. The number of aromatic amines is 1. The van der Waals surface area contributed by atoms with Crippen LogP contribution in [0.3, 0.4) is 0 Å². The zero-order chi connectivity index (χ0) is 17.8. The van der Waals surface area contributed by atoms with Gasteiger partial charge in [-0.1, -0.05) is 0 Å². The summed E-state index contributed by atoms with van der Waals surface area (Å²) in [7, 11) is 8.18. The number of H-pyrrole nitrogens is 1. The van der Waals surface area contributed by atoms with Crippen LogP contribution in [0.25, 0.3) is 21.8 Å². The number of nitrogens with one attached hydrogen (secondary N) is 1. The fraction of sp³-hybridized carbons (Fsp3) is 0.400. The predicted molar refractivity (Wildman–Crippen MR) is 104 cm³/mol. The number of rotatable bonds is 8. The maximum absolute atomic E-state index is 5.83. The molecule has 25 heavy (non-hydrogen) atoms. The largest absolute Gasteiger partial charge is 0.492 e. The number of hydrogen-bond acceptors (Lipinski definition) is 4. The number of ether oxygens (including phenoxy) is 2. The minimum Gasteiger partial charge on any atom is -0.492 e. The third-order valence-corrected chi connectivity index (χ3v) is 4.16. The molecule has 0 spiro atoms. The number of hydrogen-bond donors (Lipinski definition) is 1. The van der Waals surface area contributed by atoms with Gasteiger partial charge in [0.25, 0.3) is 0 Å². The van der Waals surface area contributed by atoms with E-state index in [0.717, 1.165) is 35.6 Å². The second kappa shape index (κ2) is 7.76. The van der Waals surface area contributed by atoms with Crippen molar-refractivity contribution in [2.24, 2.45) is 0 Å². The first-order valence-corrected chi connectivity index (χ1v) is 8.63. The molecular weight excluding hydrogens is 314 g/mol. The number of fused-ring (bicyclic) bond motifs is 3. The number of aromatic nitrogens is 1. The van der Waals surface area contributed by atoms with Gasteiger partial charge in [-0.3, -0.25) is 0 Å². The number of benzene rings is 2. The van der Waals surface area contributed by atoms with Crippen molar-refractivity contribution in [3.8, 4) is 11.5 Å². The highest BCUT2D eigenvalue weighted by Crippen LogP contribution is 2.30. The molecule has 2 aromatic carbocycles. The molecule has 0 atom stereocenters. The lowest BCUT2D eigenvalue weighted by molar-refractivity contribution is 0.261.